The summed E-state index contributed by atoms with van der Waals surface area (Å²) in [5, 5.41) is 12.0. The third-order valence-electron chi connectivity index (χ3n) is 7.52. The molecule has 4 rings (SSSR count). The average molecular weight is 533 g/mol. The molecule has 1 spiro atoms. The van der Waals surface area contributed by atoms with Gasteiger partial charge in [0.05, 0.1) is 43.9 Å². The minimum Gasteiger partial charge on any atom is -0.493 e. The number of likely N-dealkylation sites (tertiary alicyclic amines) is 1. The molecule has 210 valence electrons. The highest BCUT2D eigenvalue weighted by Crippen LogP contribution is 2.39. The molecule has 0 aromatic heterocycles. The van der Waals surface area contributed by atoms with Crippen LogP contribution in [0.3, 0.4) is 0 Å². The van der Waals surface area contributed by atoms with E-state index < -0.39 is 23.2 Å². The third-order valence-corrected chi connectivity index (χ3v) is 7.52. The Morgan fingerprint density at radius 3 is 2.61 bits per heavy atom. The predicted octanol–water partition coefficient (Wildman–Crippen LogP) is 3.48. The van der Waals surface area contributed by atoms with E-state index in [1.165, 1.54) is 0 Å². The molecule has 2 atom stereocenters. The van der Waals surface area contributed by atoms with Crippen LogP contribution in [-0.2, 0) is 23.8 Å². The van der Waals surface area contributed by atoms with Gasteiger partial charge in [0, 0.05) is 6.54 Å². The lowest BCUT2D eigenvalue weighted by Crippen LogP contribution is -2.65. The lowest BCUT2D eigenvalue weighted by molar-refractivity contribution is -0.138. The highest BCUT2D eigenvalue weighted by Gasteiger charge is 2.53. The molecule has 2 aliphatic heterocycles. The third kappa shape index (κ3) is 6.96. The average Bonchev–Trinajstić information content (AvgIpc) is 3.19. The number of carbonyl (C=O) groups is 3. The first-order chi connectivity index (χ1) is 18.1. The number of amides is 2. The standard InChI is InChI=1S/C28H40N2O8/c1-27(2,3)38-26(34)30-14-13-28(18-35-17-24(31)29-28)23(30)16-37-20-10-8-19(9-11-20)21-6-4-5-7-22(21)36-15-12-25(32)33/h4-7,19-20,23H,8-18H2,1-3H3,(H,29,31)(H,32,33). The van der Waals surface area contributed by atoms with Gasteiger partial charge in [-0.25, -0.2) is 4.79 Å². The number of aliphatic carboxylic acids is 1. The number of carboxylic acid groups (broad SMARTS) is 1. The van der Waals surface area contributed by atoms with Gasteiger partial charge in [-0.3, -0.25) is 9.59 Å². The Balaban J connectivity index is 1.37. The van der Waals surface area contributed by atoms with Gasteiger partial charge in [0.15, 0.2) is 0 Å². The second-order valence-electron chi connectivity index (χ2n) is 11.5. The highest BCUT2D eigenvalue weighted by atomic mass is 16.6. The molecule has 2 saturated heterocycles. The van der Waals surface area contributed by atoms with Gasteiger partial charge in [0.25, 0.3) is 0 Å². The second kappa shape index (κ2) is 11.9. The number of nitrogens with zero attached hydrogens (tertiary/aromatic N) is 1. The number of hydrogen-bond donors (Lipinski definition) is 2. The Morgan fingerprint density at radius 1 is 1.18 bits per heavy atom. The SMILES string of the molecule is CC(C)(C)OC(=O)N1CCC2(COCC(=O)N2)C1COC1CCC(c2ccccc2OCCC(=O)O)CC1. The number of morpholine rings is 1. The highest BCUT2D eigenvalue weighted by molar-refractivity contribution is 5.79. The van der Waals surface area contributed by atoms with Crippen LogP contribution in [0, 0.1) is 0 Å². The number of carbonyl (C=O) groups excluding carboxylic acids is 2. The first kappa shape index (κ1) is 28.2. The fraction of sp³-hybridized carbons (Fsp3) is 0.679. The van der Waals surface area contributed by atoms with E-state index in [-0.39, 0.29) is 44.3 Å². The summed E-state index contributed by atoms with van der Waals surface area (Å²) in [6.45, 7) is 6.74. The van der Waals surface area contributed by atoms with Crippen molar-refractivity contribution >= 4 is 18.0 Å². The zero-order valence-corrected chi connectivity index (χ0v) is 22.6. The van der Waals surface area contributed by atoms with Gasteiger partial charge in [0.1, 0.15) is 18.0 Å². The topological polar surface area (TPSA) is 124 Å². The zero-order valence-electron chi connectivity index (χ0n) is 22.6. The molecule has 0 radical (unpaired) electrons. The summed E-state index contributed by atoms with van der Waals surface area (Å²) in [5.41, 5.74) is -0.212. The summed E-state index contributed by atoms with van der Waals surface area (Å²) in [6, 6.07) is 7.44. The van der Waals surface area contributed by atoms with Crippen molar-refractivity contribution in [1.29, 1.82) is 0 Å². The van der Waals surface area contributed by atoms with Crippen molar-refractivity contribution in [2.75, 3.05) is 33.0 Å². The molecule has 2 heterocycles. The lowest BCUT2D eigenvalue weighted by atomic mass is 9.82. The first-order valence-electron chi connectivity index (χ1n) is 13.5. The number of rotatable bonds is 8. The fourth-order valence-electron chi connectivity index (χ4n) is 5.68. The van der Waals surface area contributed by atoms with Crippen LogP contribution < -0.4 is 10.1 Å². The Morgan fingerprint density at radius 2 is 1.92 bits per heavy atom. The largest absolute Gasteiger partial charge is 0.493 e. The summed E-state index contributed by atoms with van der Waals surface area (Å²) in [5.74, 6) is -0.0177. The van der Waals surface area contributed by atoms with E-state index in [1.807, 2.05) is 39.0 Å². The van der Waals surface area contributed by atoms with Crippen molar-refractivity contribution in [3.8, 4) is 5.75 Å². The van der Waals surface area contributed by atoms with Crippen molar-refractivity contribution in [2.24, 2.45) is 0 Å². The maximum atomic E-state index is 13.0. The molecular formula is C28H40N2O8. The zero-order chi connectivity index (χ0) is 27.3. The van der Waals surface area contributed by atoms with Crippen LogP contribution >= 0.6 is 0 Å². The van der Waals surface area contributed by atoms with E-state index in [1.54, 1.807) is 4.90 Å². The number of hydrogen-bond acceptors (Lipinski definition) is 7. The van der Waals surface area contributed by atoms with Gasteiger partial charge in [-0.05, 0) is 70.4 Å². The first-order valence-corrected chi connectivity index (χ1v) is 13.5. The molecule has 3 fully saturated rings. The van der Waals surface area contributed by atoms with E-state index in [4.69, 9.17) is 24.1 Å². The minimum absolute atomic E-state index is 0.0211. The van der Waals surface area contributed by atoms with Crippen molar-refractivity contribution in [3.63, 3.8) is 0 Å². The molecule has 10 heteroatoms. The van der Waals surface area contributed by atoms with E-state index in [0.29, 0.717) is 25.5 Å². The van der Waals surface area contributed by atoms with Crippen LogP contribution in [0.5, 0.6) is 5.75 Å². The summed E-state index contributed by atoms with van der Waals surface area (Å²) in [6.07, 6.45) is 3.69. The van der Waals surface area contributed by atoms with Gasteiger partial charge in [-0.1, -0.05) is 18.2 Å². The van der Waals surface area contributed by atoms with Gasteiger partial charge in [0.2, 0.25) is 5.91 Å². The molecule has 2 unspecified atom stereocenters. The molecule has 38 heavy (non-hydrogen) atoms. The molecule has 2 amide bonds. The maximum absolute atomic E-state index is 13.0. The summed E-state index contributed by atoms with van der Waals surface area (Å²) >= 11 is 0. The van der Waals surface area contributed by atoms with Crippen molar-refractivity contribution in [2.45, 2.75) is 88.5 Å². The summed E-state index contributed by atoms with van der Waals surface area (Å²) in [7, 11) is 0. The maximum Gasteiger partial charge on any atom is 0.410 e. The van der Waals surface area contributed by atoms with Crippen molar-refractivity contribution < 1.29 is 38.4 Å². The van der Waals surface area contributed by atoms with E-state index in [9.17, 15) is 14.4 Å². The van der Waals surface area contributed by atoms with Gasteiger partial charge < -0.3 is 34.3 Å². The van der Waals surface area contributed by atoms with E-state index in [0.717, 1.165) is 37.0 Å². The number of ether oxygens (including phenoxy) is 4. The quantitative estimate of drug-likeness (QED) is 0.522. The van der Waals surface area contributed by atoms with E-state index in [2.05, 4.69) is 11.4 Å². The molecule has 1 aromatic carbocycles. The lowest BCUT2D eigenvalue weighted by Gasteiger charge is -2.41. The van der Waals surface area contributed by atoms with Crippen LogP contribution in [0.15, 0.2) is 24.3 Å². The molecule has 10 nitrogen and oxygen atoms in total. The van der Waals surface area contributed by atoms with Crippen molar-refractivity contribution in [1.82, 2.24) is 10.2 Å². The number of nitrogens with one attached hydrogen (secondary N) is 1. The van der Waals surface area contributed by atoms with Gasteiger partial charge in [-0.15, -0.1) is 0 Å². The molecule has 1 aliphatic carbocycles. The van der Waals surface area contributed by atoms with Gasteiger partial charge in [-0.2, -0.15) is 0 Å². The molecule has 1 saturated carbocycles. The molecule has 0 bridgehead atoms. The van der Waals surface area contributed by atoms with Crippen LogP contribution in [0.25, 0.3) is 0 Å². The molecule has 2 N–H and O–H groups in total. The Hall–Kier alpha value is -2.85. The molecule has 3 aliphatic rings. The number of carboxylic acids is 1. The molecular weight excluding hydrogens is 492 g/mol. The second-order valence-corrected chi connectivity index (χ2v) is 11.5. The van der Waals surface area contributed by atoms with Crippen LogP contribution in [-0.4, -0.2) is 84.2 Å². The Bertz CT molecular complexity index is 1000. The monoisotopic (exact) mass is 532 g/mol. The summed E-state index contributed by atoms with van der Waals surface area (Å²) < 4.78 is 23.4. The summed E-state index contributed by atoms with van der Waals surface area (Å²) in [4.78, 5) is 37.8. The Kier molecular flexibility index (Phi) is 8.82. The minimum atomic E-state index is -0.881. The predicted molar refractivity (Wildman–Crippen MR) is 138 cm³/mol. The van der Waals surface area contributed by atoms with Crippen LogP contribution in [0.1, 0.15) is 70.8 Å². The normalized spacial score (nSPS) is 27.7. The fourth-order valence-corrected chi connectivity index (χ4v) is 5.68. The van der Waals surface area contributed by atoms with Gasteiger partial charge >= 0.3 is 12.1 Å². The number of benzene rings is 1. The Labute approximate surface area is 223 Å². The van der Waals surface area contributed by atoms with E-state index >= 15 is 0 Å². The van der Waals surface area contributed by atoms with Crippen molar-refractivity contribution in [3.05, 3.63) is 29.8 Å². The number of para-hydroxylation sites is 1. The molecule has 1 aromatic rings. The van der Waals surface area contributed by atoms with Crippen LogP contribution in [0.2, 0.25) is 0 Å². The smallest absolute Gasteiger partial charge is 0.410 e. The van der Waals surface area contributed by atoms with Crippen LogP contribution in [0.4, 0.5) is 4.79 Å².